The molecule has 2 nitrogen and oxygen atoms in total. The summed E-state index contributed by atoms with van der Waals surface area (Å²) in [5, 5.41) is 3.53. The van der Waals surface area contributed by atoms with Crippen molar-refractivity contribution < 1.29 is 0 Å². The number of aryl methyl sites for hydroxylation is 1. The minimum atomic E-state index is 0.482. The van der Waals surface area contributed by atoms with Crippen molar-refractivity contribution in [2.45, 2.75) is 33.2 Å². The van der Waals surface area contributed by atoms with E-state index in [0.29, 0.717) is 11.5 Å². The van der Waals surface area contributed by atoms with Gasteiger partial charge >= 0.3 is 0 Å². The smallest absolute Gasteiger partial charge is 0.0403 e. The maximum Gasteiger partial charge on any atom is 0.0403 e. The first kappa shape index (κ1) is 8.54. The zero-order chi connectivity index (χ0) is 9.47. The molecular formula is C11H16N2. The Balaban J connectivity index is 2.07. The fourth-order valence-corrected chi connectivity index (χ4v) is 1.54. The number of anilines is 1. The molecular weight excluding hydrogens is 160 g/mol. The third-order valence-electron chi connectivity index (χ3n) is 2.86. The number of nitrogens with zero attached hydrogens (tertiary/aromatic N) is 1. The topological polar surface area (TPSA) is 24.9 Å². The maximum absolute atomic E-state index is 4.07. The lowest BCUT2D eigenvalue weighted by molar-refractivity contribution is 0.630. The van der Waals surface area contributed by atoms with Crippen molar-refractivity contribution in [1.82, 2.24) is 4.98 Å². The number of pyridine rings is 1. The molecule has 1 heterocycles. The number of rotatable bonds is 2. The van der Waals surface area contributed by atoms with Crippen molar-refractivity contribution >= 4 is 5.69 Å². The number of hydrogen-bond donors (Lipinski definition) is 1. The second-order valence-electron chi connectivity index (χ2n) is 4.58. The molecule has 1 aliphatic rings. The van der Waals surface area contributed by atoms with Crippen LogP contribution < -0.4 is 5.32 Å². The van der Waals surface area contributed by atoms with Gasteiger partial charge in [-0.25, -0.2) is 0 Å². The first-order chi connectivity index (χ1) is 6.09. The standard InChI is InChI=1S/C11H16N2/c1-8-7-12-5-4-9(8)13-10-6-11(10,2)3/h4-5,7,10H,6H2,1-3H3,(H,12,13). The summed E-state index contributed by atoms with van der Waals surface area (Å²) < 4.78 is 0. The van der Waals surface area contributed by atoms with Gasteiger partial charge in [-0.1, -0.05) is 13.8 Å². The molecule has 0 saturated heterocycles. The van der Waals surface area contributed by atoms with Crippen LogP contribution in [0.1, 0.15) is 25.8 Å². The predicted molar refractivity (Wildman–Crippen MR) is 54.8 cm³/mol. The lowest BCUT2D eigenvalue weighted by Crippen LogP contribution is -2.09. The van der Waals surface area contributed by atoms with Crippen molar-refractivity contribution in [2.75, 3.05) is 5.32 Å². The van der Waals surface area contributed by atoms with Crippen molar-refractivity contribution in [1.29, 1.82) is 0 Å². The highest BCUT2D eigenvalue weighted by molar-refractivity contribution is 5.51. The highest BCUT2D eigenvalue weighted by Gasteiger charge is 2.45. The Labute approximate surface area is 79.4 Å². The fourth-order valence-electron chi connectivity index (χ4n) is 1.54. The molecule has 13 heavy (non-hydrogen) atoms. The van der Waals surface area contributed by atoms with Crippen LogP contribution >= 0.6 is 0 Å². The van der Waals surface area contributed by atoms with E-state index in [2.05, 4.69) is 31.1 Å². The molecule has 0 aliphatic heterocycles. The van der Waals surface area contributed by atoms with Gasteiger partial charge in [0.25, 0.3) is 0 Å². The molecule has 1 N–H and O–H groups in total. The van der Waals surface area contributed by atoms with Crippen molar-refractivity contribution in [2.24, 2.45) is 5.41 Å². The average molecular weight is 176 g/mol. The summed E-state index contributed by atoms with van der Waals surface area (Å²) in [6.07, 6.45) is 5.01. The lowest BCUT2D eigenvalue weighted by Gasteiger charge is -2.09. The number of hydrogen-bond acceptors (Lipinski definition) is 2. The Kier molecular flexibility index (Phi) is 1.79. The summed E-state index contributed by atoms with van der Waals surface area (Å²) in [4.78, 5) is 4.07. The molecule has 0 amide bonds. The molecule has 0 aromatic carbocycles. The minimum absolute atomic E-state index is 0.482. The lowest BCUT2D eigenvalue weighted by atomic mass is 10.2. The molecule has 1 fully saturated rings. The second kappa shape index (κ2) is 2.72. The molecule has 2 rings (SSSR count). The monoisotopic (exact) mass is 176 g/mol. The molecule has 1 unspecified atom stereocenters. The number of nitrogens with one attached hydrogen (secondary N) is 1. The third-order valence-corrected chi connectivity index (χ3v) is 2.86. The van der Waals surface area contributed by atoms with Gasteiger partial charge < -0.3 is 5.32 Å². The first-order valence-electron chi connectivity index (χ1n) is 4.77. The van der Waals surface area contributed by atoms with Crippen LogP contribution in [-0.2, 0) is 0 Å². The molecule has 0 radical (unpaired) electrons. The molecule has 1 atom stereocenters. The largest absolute Gasteiger partial charge is 0.381 e. The van der Waals surface area contributed by atoms with Crippen LogP contribution in [0.5, 0.6) is 0 Å². The summed E-state index contributed by atoms with van der Waals surface area (Å²) in [6, 6.07) is 2.69. The normalized spacial score (nSPS) is 24.1. The van der Waals surface area contributed by atoms with Crippen LogP contribution in [0.15, 0.2) is 18.5 Å². The highest BCUT2D eigenvalue weighted by atomic mass is 15.0. The summed E-state index contributed by atoms with van der Waals surface area (Å²) in [5.74, 6) is 0. The summed E-state index contributed by atoms with van der Waals surface area (Å²) in [6.45, 7) is 6.67. The molecule has 1 aromatic heterocycles. The second-order valence-corrected chi connectivity index (χ2v) is 4.58. The van der Waals surface area contributed by atoms with Gasteiger partial charge in [-0.3, -0.25) is 4.98 Å². The maximum atomic E-state index is 4.07. The van der Waals surface area contributed by atoms with Crippen LogP contribution in [-0.4, -0.2) is 11.0 Å². The average Bonchev–Trinajstić information content (AvgIpc) is 2.64. The molecule has 0 spiro atoms. The quantitative estimate of drug-likeness (QED) is 0.749. The zero-order valence-electron chi connectivity index (χ0n) is 8.46. The predicted octanol–water partition coefficient (Wildman–Crippen LogP) is 2.60. The van der Waals surface area contributed by atoms with E-state index in [1.165, 1.54) is 17.7 Å². The van der Waals surface area contributed by atoms with Gasteiger partial charge in [-0.05, 0) is 30.4 Å². The van der Waals surface area contributed by atoms with E-state index in [1.807, 2.05) is 18.5 Å². The SMILES string of the molecule is Cc1cnccc1NC1CC1(C)C. The van der Waals surface area contributed by atoms with E-state index in [9.17, 15) is 0 Å². The molecule has 0 bridgehead atoms. The Bertz CT molecular complexity index is 318. The highest BCUT2D eigenvalue weighted by Crippen LogP contribution is 2.46. The van der Waals surface area contributed by atoms with Crippen molar-refractivity contribution in [3.8, 4) is 0 Å². The van der Waals surface area contributed by atoms with Crippen LogP contribution in [0.25, 0.3) is 0 Å². The molecule has 1 aromatic rings. The minimum Gasteiger partial charge on any atom is -0.381 e. The van der Waals surface area contributed by atoms with Gasteiger partial charge in [-0.15, -0.1) is 0 Å². The van der Waals surface area contributed by atoms with Gasteiger partial charge in [0.2, 0.25) is 0 Å². The van der Waals surface area contributed by atoms with E-state index in [1.54, 1.807) is 0 Å². The van der Waals surface area contributed by atoms with E-state index < -0.39 is 0 Å². The molecule has 1 saturated carbocycles. The van der Waals surface area contributed by atoms with Gasteiger partial charge in [0, 0.05) is 24.1 Å². The molecule has 2 heteroatoms. The molecule has 70 valence electrons. The van der Waals surface area contributed by atoms with E-state index in [-0.39, 0.29) is 0 Å². The summed E-state index contributed by atoms with van der Waals surface area (Å²) in [7, 11) is 0. The van der Waals surface area contributed by atoms with E-state index in [0.717, 1.165) is 0 Å². The van der Waals surface area contributed by atoms with Gasteiger partial charge in [0.1, 0.15) is 0 Å². The third kappa shape index (κ3) is 1.67. The first-order valence-corrected chi connectivity index (χ1v) is 4.77. The Morgan fingerprint density at radius 1 is 1.54 bits per heavy atom. The molecule has 1 aliphatic carbocycles. The van der Waals surface area contributed by atoms with Crippen LogP contribution in [0, 0.1) is 12.3 Å². The van der Waals surface area contributed by atoms with Crippen molar-refractivity contribution in [3.05, 3.63) is 24.0 Å². The number of aromatic nitrogens is 1. The Morgan fingerprint density at radius 3 is 2.77 bits per heavy atom. The van der Waals surface area contributed by atoms with E-state index >= 15 is 0 Å². The fraction of sp³-hybridized carbons (Fsp3) is 0.545. The zero-order valence-corrected chi connectivity index (χ0v) is 8.46. The summed E-state index contributed by atoms with van der Waals surface area (Å²) in [5.41, 5.74) is 2.94. The van der Waals surface area contributed by atoms with Crippen molar-refractivity contribution in [3.63, 3.8) is 0 Å². The Morgan fingerprint density at radius 2 is 2.23 bits per heavy atom. The van der Waals surface area contributed by atoms with Crippen LogP contribution in [0.3, 0.4) is 0 Å². The van der Waals surface area contributed by atoms with Gasteiger partial charge in [0.15, 0.2) is 0 Å². The van der Waals surface area contributed by atoms with Crippen LogP contribution in [0.4, 0.5) is 5.69 Å². The summed E-state index contributed by atoms with van der Waals surface area (Å²) >= 11 is 0. The van der Waals surface area contributed by atoms with E-state index in [4.69, 9.17) is 0 Å². The van der Waals surface area contributed by atoms with Gasteiger partial charge in [-0.2, -0.15) is 0 Å². The van der Waals surface area contributed by atoms with Crippen LogP contribution in [0.2, 0.25) is 0 Å². The van der Waals surface area contributed by atoms with Gasteiger partial charge in [0.05, 0.1) is 0 Å². The Hall–Kier alpha value is -1.05.